The second-order valence-corrected chi connectivity index (χ2v) is 7.06. The maximum absolute atomic E-state index is 12.8. The van der Waals surface area contributed by atoms with E-state index in [0.29, 0.717) is 12.2 Å². The van der Waals surface area contributed by atoms with Crippen LogP contribution in [0.3, 0.4) is 0 Å². The summed E-state index contributed by atoms with van der Waals surface area (Å²) >= 11 is 0. The fraction of sp³-hybridized carbons (Fsp3) is 0.600. The largest absolute Gasteiger partial charge is 0.391 e. The third-order valence-corrected chi connectivity index (χ3v) is 4.59. The first-order valence-electron chi connectivity index (χ1n) is 7.07. The summed E-state index contributed by atoms with van der Waals surface area (Å²) in [4.78, 5) is 0. The summed E-state index contributed by atoms with van der Waals surface area (Å²) in [7, 11) is -0.974. The number of anilines is 1. The molecule has 0 radical (unpaired) electrons. The predicted molar refractivity (Wildman–Crippen MR) is 79.6 cm³/mol. The number of hydrogen-bond donors (Lipinski definition) is 1. The van der Waals surface area contributed by atoms with Crippen molar-refractivity contribution in [1.29, 1.82) is 0 Å². The van der Waals surface area contributed by atoms with E-state index in [-0.39, 0.29) is 18.9 Å². The molecule has 1 aromatic carbocycles. The van der Waals surface area contributed by atoms with E-state index in [1.165, 1.54) is 0 Å². The van der Waals surface area contributed by atoms with Crippen molar-refractivity contribution >= 4 is 16.5 Å². The van der Waals surface area contributed by atoms with Gasteiger partial charge in [0, 0.05) is 28.8 Å². The van der Waals surface area contributed by atoms with Crippen LogP contribution in [-0.4, -0.2) is 22.7 Å². The van der Waals surface area contributed by atoms with Crippen molar-refractivity contribution in [3.8, 4) is 0 Å². The number of para-hydroxylation sites is 1. The van der Waals surface area contributed by atoms with Crippen LogP contribution in [0.2, 0.25) is 0 Å². The van der Waals surface area contributed by atoms with Crippen LogP contribution in [0.4, 0.5) is 18.9 Å². The van der Waals surface area contributed by atoms with Gasteiger partial charge >= 0.3 is 6.18 Å². The van der Waals surface area contributed by atoms with Crippen LogP contribution in [0, 0.1) is 5.92 Å². The molecule has 1 aliphatic carbocycles. The lowest BCUT2D eigenvalue weighted by molar-refractivity contribution is -0.182. The molecule has 2 nitrogen and oxygen atoms in total. The molecule has 3 atom stereocenters. The Hall–Kier alpha value is -1.04. The van der Waals surface area contributed by atoms with Crippen LogP contribution in [0.1, 0.15) is 31.2 Å². The SMILES string of the molecule is C[S@](=O)Cc1ccccc1N[C@H]1CCC[C@@H](C(F)(F)F)C1. The Morgan fingerprint density at radius 3 is 2.67 bits per heavy atom. The number of nitrogens with one attached hydrogen (secondary N) is 1. The molecule has 118 valence electrons. The second-order valence-electron chi connectivity index (χ2n) is 5.62. The van der Waals surface area contributed by atoms with Gasteiger partial charge in [0.25, 0.3) is 0 Å². The number of benzene rings is 1. The Kier molecular flexibility index (Phi) is 5.30. The minimum Gasteiger partial charge on any atom is -0.382 e. The van der Waals surface area contributed by atoms with Crippen molar-refractivity contribution in [2.75, 3.05) is 11.6 Å². The first-order valence-corrected chi connectivity index (χ1v) is 8.80. The average Bonchev–Trinajstić information content (AvgIpc) is 2.40. The monoisotopic (exact) mass is 319 g/mol. The quantitative estimate of drug-likeness (QED) is 0.905. The van der Waals surface area contributed by atoms with Crippen LogP contribution < -0.4 is 5.32 Å². The summed E-state index contributed by atoms with van der Waals surface area (Å²) < 4.78 is 49.9. The molecule has 1 aliphatic rings. The molecule has 0 saturated heterocycles. The lowest BCUT2D eigenvalue weighted by Gasteiger charge is -2.32. The highest BCUT2D eigenvalue weighted by atomic mass is 32.2. The Bertz CT molecular complexity index is 504. The fourth-order valence-electron chi connectivity index (χ4n) is 2.84. The van der Waals surface area contributed by atoms with Crippen molar-refractivity contribution in [3.05, 3.63) is 29.8 Å². The molecule has 2 rings (SSSR count). The highest BCUT2D eigenvalue weighted by Crippen LogP contribution is 2.38. The highest BCUT2D eigenvalue weighted by Gasteiger charge is 2.42. The van der Waals surface area contributed by atoms with E-state index >= 15 is 0 Å². The standard InChI is InChI=1S/C15H20F3NOS/c1-21(20)10-11-5-2-3-8-14(11)19-13-7-4-6-12(9-13)15(16,17)18/h2-3,5,8,12-13,19H,4,6-7,9-10H2,1H3/t12-,13+,21+/m1/s1. The van der Waals surface area contributed by atoms with E-state index in [0.717, 1.165) is 17.7 Å². The molecule has 0 heterocycles. The molecule has 0 amide bonds. The summed E-state index contributed by atoms with van der Waals surface area (Å²) in [5, 5.41) is 3.22. The topological polar surface area (TPSA) is 29.1 Å². The zero-order valence-electron chi connectivity index (χ0n) is 12.0. The van der Waals surface area contributed by atoms with Crippen LogP contribution in [0.15, 0.2) is 24.3 Å². The average molecular weight is 319 g/mol. The van der Waals surface area contributed by atoms with Gasteiger partial charge in [-0.3, -0.25) is 4.21 Å². The summed E-state index contributed by atoms with van der Waals surface area (Å²) in [5.74, 6) is -0.797. The molecule has 0 spiro atoms. The van der Waals surface area contributed by atoms with Crippen LogP contribution in [-0.2, 0) is 16.6 Å². The van der Waals surface area contributed by atoms with Crippen molar-refractivity contribution in [1.82, 2.24) is 0 Å². The van der Waals surface area contributed by atoms with Crippen LogP contribution >= 0.6 is 0 Å². The van der Waals surface area contributed by atoms with Gasteiger partial charge in [-0.1, -0.05) is 24.6 Å². The molecule has 1 saturated carbocycles. The molecule has 21 heavy (non-hydrogen) atoms. The first-order chi connectivity index (χ1) is 9.86. The van der Waals surface area contributed by atoms with Gasteiger partial charge in [-0.15, -0.1) is 0 Å². The van der Waals surface area contributed by atoms with E-state index in [9.17, 15) is 17.4 Å². The van der Waals surface area contributed by atoms with Crippen LogP contribution in [0.25, 0.3) is 0 Å². The molecular formula is C15H20F3NOS. The summed E-state index contributed by atoms with van der Waals surface area (Å²) in [6.07, 6.45) is -0.808. The van der Waals surface area contributed by atoms with Crippen molar-refractivity contribution < 1.29 is 17.4 Å². The Morgan fingerprint density at radius 1 is 1.29 bits per heavy atom. The minimum absolute atomic E-state index is 0.118. The lowest BCUT2D eigenvalue weighted by atomic mass is 9.85. The predicted octanol–water partition coefficient (Wildman–Crippen LogP) is 4.10. The smallest absolute Gasteiger partial charge is 0.382 e. The summed E-state index contributed by atoms with van der Waals surface area (Å²) in [6, 6.07) is 7.24. The van der Waals surface area contributed by atoms with E-state index in [1.807, 2.05) is 24.3 Å². The molecular weight excluding hydrogens is 299 g/mol. The second kappa shape index (κ2) is 6.81. The molecule has 0 bridgehead atoms. The number of halogens is 3. The number of rotatable bonds is 4. The van der Waals surface area contributed by atoms with E-state index in [2.05, 4.69) is 5.32 Å². The lowest BCUT2D eigenvalue weighted by Crippen LogP contribution is -2.34. The van der Waals surface area contributed by atoms with Gasteiger partial charge in [0.1, 0.15) is 0 Å². The summed E-state index contributed by atoms with van der Waals surface area (Å²) in [6.45, 7) is 0. The normalized spacial score (nSPS) is 24.6. The third-order valence-electron chi connectivity index (χ3n) is 3.87. The Labute approximate surface area is 125 Å². The molecule has 1 N–H and O–H groups in total. The first kappa shape index (κ1) is 16.3. The fourth-order valence-corrected chi connectivity index (χ4v) is 3.53. The van der Waals surface area contributed by atoms with Crippen molar-refractivity contribution in [3.63, 3.8) is 0 Å². The maximum atomic E-state index is 12.8. The Balaban J connectivity index is 2.06. The third kappa shape index (κ3) is 4.73. The Morgan fingerprint density at radius 2 is 2.00 bits per heavy atom. The van der Waals surface area contributed by atoms with Gasteiger partial charge in [0.05, 0.1) is 11.7 Å². The van der Waals surface area contributed by atoms with E-state index in [4.69, 9.17) is 0 Å². The number of hydrogen-bond acceptors (Lipinski definition) is 2. The van der Waals surface area contributed by atoms with Crippen LogP contribution in [0.5, 0.6) is 0 Å². The molecule has 0 aliphatic heterocycles. The molecule has 1 fully saturated rings. The van der Waals surface area contributed by atoms with Crippen molar-refractivity contribution in [2.45, 2.75) is 43.7 Å². The summed E-state index contributed by atoms with van der Waals surface area (Å²) in [5.41, 5.74) is 1.70. The van der Waals surface area contributed by atoms with Gasteiger partial charge in [0.2, 0.25) is 0 Å². The number of alkyl halides is 3. The molecule has 0 unspecified atom stereocenters. The minimum atomic E-state index is -4.11. The van der Waals surface area contributed by atoms with Gasteiger partial charge in [-0.05, 0) is 30.9 Å². The zero-order valence-corrected chi connectivity index (χ0v) is 12.8. The van der Waals surface area contributed by atoms with E-state index < -0.39 is 22.9 Å². The highest BCUT2D eigenvalue weighted by molar-refractivity contribution is 7.83. The van der Waals surface area contributed by atoms with Gasteiger partial charge < -0.3 is 5.32 Å². The van der Waals surface area contributed by atoms with Crippen molar-refractivity contribution in [2.24, 2.45) is 5.92 Å². The molecule has 0 aromatic heterocycles. The van der Waals surface area contributed by atoms with Gasteiger partial charge in [-0.2, -0.15) is 13.2 Å². The molecule has 1 aromatic rings. The molecule has 6 heteroatoms. The van der Waals surface area contributed by atoms with Gasteiger partial charge in [-0.25, -0.2) is 0 Å². The van der Waals surface area contributed by atoms with E-state index in [1.54, 1.807) is 6.26 Å². The maximum Gasteiger partial charge on any atom is 0.391 e. The zero-order chi connectivity index (χ0) is 15.5. The van der Waals surface area contributed by atoms with Gasteiger partial charge in [0.15, 0.2) is 0 Å².